The standard InChI is InChI=1S/C18H15BrClFN2O3/c1-18(12-5-4-11(21)8-14(12)20)16(24)23(17(25)22-18)9-10-3-6-15(26-2)13(19)7-10/h3-8H,9H2,1-2H3,(H,22,25). The molecule has 8 heteroatoms. The van der Waals surface area contributed by atoms with Gasteiger partial charge in [0.05, 0.1) is 18.1 Å². The number of urea groups is 1. The van der Waals surface area contributed by atoms with Crippen LogP contribution in [0.2, 0.25) is 5.02 Å². The number of carbonyl (C=O) groups excluding carboxylic acids is 2. The molecule has 0 radical (unpaired) electrons. The number of carbonyl (C=O) groups is 2. The molecule has 1 aliphatic heterocycles. The summed E-state index contributed by atoms with van der Waals surface area (Å²) in [6.07, 6.45) is 0. The monoisotopic (exact) mass is 440 g/mol. The fraction of sp³-hybridized carbons (Fsp3) is 0.222. The summed E-state index contributed by atoms with van der Waals surface area (Å²) < 4.78 is 19.2. The maximum absolute atomic E-state index is 13.3. The fourth-order valence-corrected chi connectivity index (χ4v) is 3.85. The van der Waals surface area contributed by atoms with Gasteiger partial charge in [-0.3, -0.25) is 9.69 Å². The zero-order chi connectivity index (χ0) is 19.1. The van der Waals surface area contributed by atoms with Gasteiger partial charge >= 0.3 is 6.03 Å². The van der Waals surface area contributed by atoms with Crippen molar-refractivity contribution < 1.29 is 18.7 Å². The average Bonchev–Trinajstić information content (AvgIpc) is 2.79. The molecule has 1 saturated heterocycles. The van der Waals surface area contributed by atoms with Crippen LogP contribution in [-0.2, 0) is 16.9 Å². The maximum Gasteiger partial charge on any atom is 0.325 e. The Labute approximate surface area is 163 Å². The first-order valence-electron chi connectivity index (χ1n) is 7.68. The van der Waals surface area contributed by atoms with Crippen molar-refractivity contribution in [2.24, 2.45) is 0 Å². The van der Waals surface area contributed by atoms with Gasteiger partial charge in [-0.15, -0.1) is 0 Å². The zero-order valence-electron chi connectivity index (χ0n) is 14.0. The van der Waals surface area contributed by atoms with Crippen LogP contribution in [0.25, 0.3) is 0 Å². The van der Waals surface area contributed by atoms with Crippen LogP contribution >= 0.6 is 27.5 Å². The van der Waals surface area contributed by atoms with Gasteiger partial charge in [-0.1, -0.05) is 23.7 Å². The van der Waals surface area contributed by atoms with E-state index in [0.29, 0.717) is 15.8 Å². The Morgan fingerprint density at radius 2 is 2.00 bits per heavy atom. The van der Waals surface area contributed by atoms with Crippen LogP contribution in [0.3, 0.4) is 0 Å². The van der Waals surface area contributed by atoms with Crippen molar-refractivity contribution in [2.75, 3.05) is 7.11 Å². The molecule has 5 nitrogen and oxygen atoms in total. The molecule has 0 aromatic heterocycles. The third-order valence-corrected chi connectivity index (χ3v) is 5.23. The van der Waals surface area contributed by atoms with E-state index in [1.54, 1.807) is 32.2 Å². The van der Waals surface area contributed by atoms with Gasteiger partial charge in [0.15, 0.2) is 0 Å². The van der Waals surface area contributed by atoms with Crippen LogP contribution in [0.15, 0.2) is 40.9 Å². The topological polar surface area (TPSA) is 58.6 Å². The van der Waals surface area contributed by atoms with Crippen molar-refractivity contribution in [1.82, 2.24) is 10.2 Å². The minimum Gasteiger partial charge on any atom is -0.496 e. The predicted molar refractivity (Wildman–Crippen MR) is 98.5 cm³/mol. The molecule has 2 aromatic rings. The highest BCUT2D eigenvalue weighted by atomic mass is 79.9. The normalized spacial score (nSPS) is 19.7. The molecule has 2 aromatic carbocycles. The Kier molecular flexibility index (Phi) is 4.94. The van der Waals surface area contributed by atoms with E-state index < -0.39 is 23.3 Å². The van der Waals surface area contributed by atoms with Gasteiger partial charge in [0.1, 0.15) is 17.1 Å². The third kappa shape index (κ3) is 3.17. The molecule has 1 heterocycles. The molecule has 1 atom stereocenters. The number of nitrogens with zero attached hydrogens (tertiary/aromatic N) is 1. The molecule has 0 spiro atoms. The smallest absolute Gasteiger partial charge is 0.325 e. The van der Waals surface area contributed by atoms with E-state index >= 15 is 0 Å². The lowest BCUT2D eigenvalue weighted by molar-refractivity contribution is -0.131. The molecular formula is C18H15BrClFN2O3. The summed E-state index contributed by atoms with van der Waals surface area (Å²) in [6, 6.07) is 8.48. The van der Waals surface area contributed by atoms with Crippen molar-refractivity contribution in [3.05, 3.63) is 62.8 Å². The Balaban J connectivity index is 1.90. The Hall–Kier alpha value is -2.12. The second-order valence-corrected chi connectivity index (χ2v) is 7.30. The Morgan fingerprint density at radius 3 is 2.62 bits per heavy atom. The zero-order valence-corrected chi connectivity index (χ0v) is 16.3. The summed E-state index contributed by atoms with van der Waals surface area (Å²) in [6.45, 7) is 1.64. The van der Waals surface area contributed by atoms with Gasteiger partial charge in [-0.25, -0.2) is 9.18 Å². The van der Waals surface area contributed by atoms with Crippen LogP contribution in [0.5, 0.6) is 5.75 Å². The van der Waals surface area contributed by atoms with Crippen LogP contribution in [-0.4, -0.2) is 23.9 Å². The number of ether oxygens (including phenoxy) is 1. The van der Waals surface area contributed by atoms with E-state index in [1.165, 1.54) is 12.1 Å². The van der Waals surface area contributed by atoms with Gasteiger partial charge in [-0.2, -0.15) is 0 Å². The SMILES string of the molecule is COc1ccc(CN2C(=O)NC(C)(c3ccc(F)cc3Cl)C2=O)cc1Br. The molecule has 1 N–H and O–H groups in total. The largest absolute Gasteiger partial charge is 0.496 e. The number of hydrogen-bond donors (Lipinski definition) is 1. The number of rotatable bonds is 4. The highest BCUT2D eigenvalue weighted by Crippen LogP contribution is 2.35. The molecule has 3 amide bonds. The van der Waals surface area contributed by atoms with Gasteiger partial charge in [0.25, 0.3) is 5.91 Å². The predicted octanol–water partition coefficient (Wildman–Crippen LogP) is 4.22. The third-order valence-electron chi connectivity index (χ3n) is 4.30. The van der Waals surface area contributed by atoms with Crippen molar-refractivity contribution in [2.45, 2.75) is 19.0 Å². The molecule has 0 bridgehead atoms. The minimum absolute atomic E-state index is 0.0789. The number of methoxy groups -OCH3 is 1. The van der Waals surface area contributed by atoms with Crippen LogP contribution in [0, 0.1) is 5.82 Å². The van der Waals surface area contributed by atoms with Crippen LogP contribution < -0.4 is 10.1 Å². The molecule has 1 aliphatic rings. The minimum atomic E-state index is -1.36. The van der Waals surface area contributed by atoms with Crippen LogP contribution in [0.1, 0.15) is 18.1 Å². The average molecular weight is 442 g/mol. The van der Waals surface area contributed by atoms with Crippen molar-refractivity contribution in [1.29, 1.82) is 0 Å². The highest BCUT2D eigenvalue weighted by molar-refractivity contribution is 9.10. The van der Waals surface area contributed by atoms with Gasteiger partial charge in [0.2, 0.25) is 0 Å². The quantitative estimate of drug-likeness (QED) is 0.723. The first-order valence-corrected chi connectivity index (χ1v) is 8.85. The van der Waals surface area contributed by atoms with E-state index in [1.807, 2.05) is 0 Å². The summed E-state index contributed by atoms with van der Waals surface area (Å²) in [5.74, 6) is -0.323. The van der Waals surface area contributed by atoms with E-state index in [-0.39, 0.29) is 11.6 Å². The summed E-state index contributed by atoms with van der Waals surface area (Å²) >= 11 is 9.47. The summed E-state index contributed by atoms with van der Waals surface area (Å²) in [7, 11) is 1.55. The molecule has 136 valence electrons. The molecule has 1 fully saturated rings. The Morgan fingerprint density at radius 1 is 1.27 bits per heavy atom. The first kappa shape index (κ1) is 18.7. The van der Waals surface area contributed by atoms with E-state index in [0.717, 1.165) is 16.5 Å². The molecule has 26 heavy (non-hydrogen) atoms. The van der Waals surface area contributed by atoms with Gasteiger partial charge < -0.3 is 10.1 Å². The van der Waals surface area contributed by atoms with E-state index in [4.69, 9.17) is 16.3 Å². The van der Waals surface area contributed by atoms with Crippen molar-refractivity contribution >= 4 is 39.5 Å². The first-order chi connectivity index (χ1) is 12.3. The molecule has 1 unspecified atom stereocenters. The second kappa shape index (κ2) is 6.89. The lowest BCUT2D eigenvalue weighted by Gasteiger charge is -2.23. The fourth-order valence-electron chi connectivity index (χ4n) is 2.91. The van der Waals surface area contributed by atoms with Crippen molar-refractivity contribution in [3.63, 3.8) is 0 Å². The highest BCUT2D eigenvalue weighted by Gasteiger charge is 2.49. The van der Waals surface area contributed by atoms with Gasteiger partial charge in [0, 0.05) is 10.6 Å². The maximum atomic E-state index is 13.3. The summed E-state index contributed by atoms with van der Waals surface area (Å²) in [5, 5.41) is 2.74. The number of imide groups is 1. The summed E-state index contributed by atoms with van der Waals surface area (Å²) in [5.41, 5.74) is -0.265. The lowest BCUT2D eigenvalue weighted by atomic mass is 9.92. The number of halogens is 3. The molecular weight excluding hydrogens is 427 g/mol. The number of amides is 3. The number of benzene rings is 2. The number of nitrogens with one attached hydrogen (secondary N) is 1. The van der Waals surface area contributed by atoms with Crippen LogP contribution in [0.4, 0.5) is 9.18 Å². The molecule has 0 saturated carbocycles. The van der Waals surface area contributed by atoms with Crippen molar-refractivity contribution in [3.8, 4) is 5.75 Å². The lowest BCUT2D eigenvalue weighted by Crippen LogP contribution is -2.41. The Bertz CT molecular complexity index is 908. The molecule has 0 aliphatic carbocycles. The number of hydrogen-bond acceptors (Lipinski definition) is 3. The molecule has 3 rings (SSSR count). The van der Waals surface area contributed by atoms with Gasteiger partial charge in [-0.05, 0) is 52.7 Å². The summed E-state index contributed by atoms with van der Waals surface area (Å²) in [4.78, 5) is 26.5. The van der Waals surface area contributed by atoms with E-state index in [9.17, 15) is 14.0 Å². The van der Waals surface area contributed by atoms with E-state index in [2.05, 4.69) is 21.2 Å². The second-order valence-electron chi connectivity index (χ2n) is 6.04.